The summed E-state index contributed by atoms with van der Waals surface area (Å²) in [5.74, 6) is 0. The zero-order valence-electron chi connectivity index (χ0n) is 7.78. The van der Waals surface area contributed by atoms with Crippen molar-refractivity contribution in [2.24, 2.45) is 0 Å². The standard InChI is InChI=1S/C11H12NO/c1-11(2,13)12-8-7-9-5-3-4-6-10(9)12/h3,5-8,13H,1-2H3. The topological polar surface area (TPSA) is 25.2 Å². The van der Waals surface area contributed by atoms with Crippen LogP contribution >= 0.6 is 0 Å². The van der Waals surface area contributed by atoms with E-state index in [-0.39, 0.29) is 0 Å². The SMILES string of the molecule is CC(C)(O)n1ccc2cc[c]cc21. The number of aromatic nitrogens is 1. The fourth-order valence-electron chi connectivity index (χ4n) is 1.50. The minimum absolute atomic E-state index is 0.850. The van der Waals surface area contributed by atoms with Crippen LogP contribution in [0.1, 0.15) is 13.8 Å². The van der Waals surface area contributed by atoms with Crippen LogP contribution in [0.15, 0.2) is 30.5 Å². The van der Waals surface area contributed by atoms with Gasteiger partial charge < -0.3 is 9.67 Å². The normalized spacial score (nSPS) is 12.2. The first-order valence-electron chi connectivity index (χ1n) is 4.29. The Kier molecular flexibility index (Phi) is 1.67. The molecule has 1 radical (unpaired) electrons. The molecule has 0 fully saturated rings. The first-order chi connectivity index (χ1) is 6.09. The maximum Gasteiger partial charge on any atom is 0.136 e. The molecule has 0 aliphatic carbocycles. The van der Waals surface area contributed by atoms with E-state index in [4.69, 9.17) is 0 Å². The van der Waals surface area contributed by atoms with E-state index in [1.807, 2.05) is 35.0 Å². The summed E-state index contributed by atoms with van der Waals surface area (Å²) < 4.78 is 1.83. The van der Waals surface area contributed by atoms with Crippen molar-refractivity contribution in [3.63, 3.8) is 0 Å². The molecule has 1 N–H and O–H groups in total. The van der Waals surface area contributed by atoms with Gasteiger partial charge in [-0.15, -0.1) is 0 Å². The van der Waals surface area contributed by atoms with E-state index < -0.39 is 5.72 Å². The molecule has 0 bridgehead atoms. The Morgan fingerprint density at radius 2 is 2.15 bits per heavy atom. The van der Waals surface area contributed by atoms with E-state index >= 15 is 0 Å². The Balaban J connectivity index is 2.72. The molecule has 0 saturated heterocycles. The predicted molar refractivity (Wildman–Crippen MR) is 52.3 cm³/mol. The molecule has 2 aromatic rings. The lowest BCUT2D eigenvalue weighted by Gasteiger charge is -2.20. The highest BCUT2D eigenvalue weighted by atomic mass is 16.3. The first kappa shape index (κ1) is 8.32. The number of rotatable bonds is 1. The van der Waals surface area contributed by atoms with Gasteiger partial charge in [0.25, 0.3) is 0 Å². The molecule has 2 nitrogen and oxygen atoms in total. The van der Waals surface area contributed by atoms with Crippen molar-refractivity contribution in [1.82, 2.24) is 4.57 Å². The van der Waals surface area contributed by atoms with Crippen molar-refractivity contribution in [3.8, 4) is 0 Å². The van der Waals surface area contributed by atoms with Gasteiger partial charge >= 0.3 is 0 Å². The van der Waals surface area contributed by atoms with Gasteiger partial charge in [0.05, 0.1) is 5.52 Å². The van der Waals surface area contributed by atoms with Crippen LogP contribution < -0.4 is 0 Å². The zero-order valence-corrected chi connectivity index (χ0v) is 7.78. The Bertz CT molecular complexity index is 423. The molecule has 0 amide bonds. The van der Waals surface area contributed by atoms with E-state index in [1.54, 1.807) is 13.8 Å². The third-order valence-corrected chi connectivity index (χ3v) is 2.13. The Morgan fingerprint density at radius 3 is 2.85 bits per heavy atom. The first-order valence-corrected chi connectivity index (χ1v) is 4.29. The van der Waals surface area contributed by atoms with Gasteiger partial charge in [0.1, 0.15) is 5.72 Å². The summed E-state index contributed by atoms with van der Waals surface area (Å²) in [7, 11) is 0. The molecule has 1 heterocycles. The second-order valence-corrected chi connectivity index (χ2v) is 3.67. The van der Waals surface area contributed by atoms with Crippen molar-refractivity contribution in [3.05, 3.63) is 36.5 Å². The average molecular weight is 174 g/mol. The minimum atomic E-state index is -0.850. The summed E-state index contributed by atoms with van der Waals surface area (Å²) in [4.78, 5) is 0. The molecule has 13 heavy (non-hydrogen) atoms. The van der Waals surface area contributed by atoms with Crippen molar-refractivity contribution >= 4 is 10.9 Å². The fraction of sp³-hybridized carbons (Fsp3) is 0.273. The Morgan fingerprint density at radius 1 is 1.38 bits per heavy atom. The van der Waals surface area contributed by atoms with Gasteiger partial charge in [0, 0.05) is 6.20 Å². The number of hydrogen-bond donors (Lipinski definition) is 1. The molecule has 0 atom stereocenters. The molecule has 1 aromatic heterocycles. The molecular weight excluding hydrogens is 162 g/mol. The molecule has 67 valence electrons. The van der Waals surface area contributed by atoms with Crippen LogP contribution in [-0.4, -0.2) is 9.67 Å². The third kappa shape index (κ3) is 1.33. The number of fused-ring (bicyclic) bond motifs is 1. The van der Waals surface area contributed by atoms with Crippen molar-refractivity contribution in [2.75, 3.05) is 0 Å². The summed E-state index contributed by atoms with van der Waals surface area (Å²) in [6.07, 6.45) is 1.89. The highest BCUT2D eigenvalue weighted by molar-refractivity contribution is 5.79. The van der Waals surface area contributed by atoms with Crippen LogP contribution in [0, 0.1) is 6.07 Å². The maximum atomic E-state index is 9.82. The maximum absolute atomic E-state index is 9.82. The molecule has 0 unspecified atom stereocenters. The monoisotopic (exact) mass is 174 g/mol. The number of benzene rings is 1. The molecule has 0 spiro atoms. The van der Waals surface area contributed by atoms with Crippen LogP contribution in [0.4, 0.5) is 0 Å². The summed E-state index contributed by atoms with van der Waals surface area (Å²) >= 11 is 0. The highest BCUT2D eigenvalue weighted by Crippen LogP contribution is 2.21. The van der Waals surface area contributed by atoms with Crippen LogP contribution in [0.2, 0.25) is 0 Å². The molecule has 0 saturated carbocycles. The van der Waals surface area contributed by atoms with E-state index in [1.165, 1.54) is 0 Å². The van der Waals surface area contributed by atoms with Crippen molar-refractivity contribution in [1.29, 1.82) is 0 Å². The molecule has 0 aliphatic heterocycles. The van der Waals surface area contributed by atoms with Crippen molar-refractivity contribution < 1.29 is 5.11 Å². The lowest BCUT2D eigenvalue weighted by molar-refractivity contribution is 0.00624. The van der Waals surface area contributed by atoms with Gasteiger partial charge in [-0.1, -0.05) is 12.1 Å². The molecule has 0 aliphatic rings. The van der Waals surface area contributed by atoms with Gasteiger partial charge in [-0.2, -0.15) is 0 Å². The Hall–Kier alpha value is -1.28. The summed E-state index contributed by atoms with van der Waals surface area (Å²) in [5, 5.41) is 11.0. The van der Waals surface area contributed by atoms with E-state index in [0.717, 1.165) is 10.9 Å². The average Bonchev–Trinajstić information content (AvgIpc) is 2.45. The quantitative estimate of drug-likeness (QED) is 0.704. The predicted octanol–water partition coefficient (Wildman–Crippen LogP) is 2.13. The summed E-state index contributed by atoms with van der Waals surface area (Å²) in [6.45, 7) is 3.53. The van der Waals surface area contributed by atoms with Gasteiger partial charge in [0.2, 0.25) is 0 Å². The lowest BCUT2D eigenvalue weighted by Crippen LogP contribution is -2.24. The van der Waals surface area contributed by atoms with Gasteiger partial charge in [-0.3, -0.25) is 0 Å². The van der Waals surface area contributed by atoms with Gasteiger partial charge in [-0.05, 0) is 37.4 Å². The second kappa shape index (κ2) is 2.60. The largest absolute Gasteiger partial charge is 0.371 e. The molecular formula is C11H12NO. The van der Waals surface area contributed by atoms with Gasteiger partial charge in [0.15, 0.2) is 0 Å². The summed E-state index contributed by atoms with van der Waals surface area (Å²) in [5.41, 5.74) is 0.159. The highest BCUT2D eigenvalue weighted by Gasteiger charge is 2.16. The lowest BCUT2D eigenvalue weighted by atomic mass is 10.2. The minimum Gasteiger partial charge on any atom is -0.371 e. The third-order valence-electron chi connectivity index (χ3n) is 2.13. The summed E-state index contributed by atoms with van der Waals surface area (Å²) in [6, 6.07) is 10.7. The van der Waals surface area contributed by atoms with E-state index in [2.05, 4.69) is 6.07 Å². The number of aliphatic hydroxyl groups is 1. The zero-order chi connectivity index (χ0) is 9.47. The molecule has 2 heteroatoms. The number of nitrogens with zero attached hydrogens (tertiary/aromatic N) is 1. The van der Waals surface area contributed by atoms with E-state index in [0.29, 0.717) is 0 Å². The van der Waals surface area contributed by atoms with Gasteiger partial charge in [-0.25, -0.2) is 0 Å². The van der Waals surface area contributed by atoms with Crippen LogP contribution in [0.5, 0.6) is 0 Å². The fourth-order valence-corrected chi connectivity index (χ4v) is 1.50. The van der Waals surface area contributed by atoms with Crippen LogP contribution in [0.25, 0.3) is 10.9 Å². The van der Waals surface area contributed by atoms with E-state index in [9.17, 15) is 5.11 Å². The Labute approximate surface area is 77.4 Å². The smallest absolute Gasteiger partial charge is 0.136 e. The van der Waals surface area contributed by atoms with Crippen molar-refractivity contribution in [2.45, 2.75) is 19.6 Å². The molecule has 2 rings (SSSR count). The number of hydrogen-bond acceptors (Lipinski definition) is 1. The second-order valence-electron chi connectivity index (χ2n) is 3.67. The van der Waals surface area contributed by atoms with Crippen LogP contribution in [0.3, 0.4) is 0 Å². The molecule has 1 aromatic carbocycles. The van der Waals surface area contributed by atoms with Crippen LogP contribution in [-0.2, 0) is 5.72 Å².